The van der Waals surface area contributed by atoms with Crippen molar-refractivity contribution in [2.75, 3.05) is 7.11 Å². The molecule has 1 saturated heterocycles. The molecule has 1 aromatic rings. The zero-order valence-electron chi connectivity index (χ0n) is 22.2. The summed E-state index contributed by atoms with van der Waals surface area (Å²) in [7, 11) is -0.697. The molecule has 1 aromatic carbocycles. The lowest BCUT2D eigenvalue weighted by Gasteiger charge is -2.45. The zero-order valence-corrected chi connectivity index (χ0v) is 23.2. The molecule has 2 aliphatic heterocycles. The van der Waals surface area contributed by atoms with Gasteiger partial charge in [0.2, 0.25) is 19.7 Å². The number of carbonyl (C=O) groups is 1. The maximum Gasteiger partial charge on any atom is 0.210 e. The van der Waals surface area contributed by atoms with Crippen molar-refractivity contribution in [1.82, 2.24) is 0 Å². The Bertz CT molecular complexity index is 992. The van der Waals surface area contributed by atoms with Crippen molar-refractivity contribution in [1.29, 1.82) is 0 Å². The molecule has 7 heteroatoms. The van der Waals surface area contributed by atoms with Gasteiger partial charge in [-0.15, -0.1) is 0 Å². The molecule has 2 unspecified atom stereocenters. The molecule has 6 nitrogen and oxygen atoms in total. The Kier molecular flexibility index (Phi) is 7.21. The maximum absolute atomic E-state index is 13.5. The van der Waals surface area contributed by atoms with Crippen LogP contribution in [-0.4, -0.2) is 56.5 Å². The molecule has 2 heterocycles. The van der Waals surface area contributed by atoms with E-state index in [0.29, 0.717) is 34.2 Å². The molecule has 35 heavy (non-hydrogen) atoms. The lowest BCUT2D eigenvalue weighted by molar-refractivity contribution is -0.138. The molecule has 0 radical (unpaired) electrons. The van der Waals surface area contributed by atoms with Crippen LogP contribution in [0.5, 0.6) is 0 Å². The minimum absolute atomic E-state index is 0.260. The second-order valence-electron chi connectivity index (χ2n) is 11.0. The molecule has 4 rings (SSSR count). The zero-order chi connectivity index (χ0) is 25.7. The van der Waals surface area contributed by atoms with Gasteiger partial charge in [-0.2, -0.15) is 0 Å². The summed E-state index contributed by atoms with van der Waals surface area (Å²) in [4.78, 5) is 13.5. The van der Waals surface area contributed by atoms with Crippen molar-refractivity contribution in [3.63, 3.8) is 0 Å². The van der Waals surface area contributed by atoms with Crippen LogP contribution in [0.2, 0.25) is 16.6 Å². The number of Topliss-reactive ketones (excluding diaryl/α,β-unsaturated/α-hetero) is 1. The number of ether oxygens (including phenoxy) is 3. The largest absolute Gasteiger partial charge is 0.496 e. The van der Waals surface area contributed by atoms with Gasteiger partial charge in [0.05, 0.1) is 24.9 Å². The lowest BCUT2D eigenvalue weighted by atomic mass is 9.68. The minimum atomic E-state index is -2.19. The summed E-state index contributed by atoms with van der Waals surface area (Å²) in [6.07, 6.45) is 0.774. The summed E-state index contributed by atoms with van der Waals surface area (Å²) in [5.74, 6) is -0.112. The number of fused-ring (bicyclic) bond motifs is 1. The lowest BCUT2D eigenvalue weighted by Crippen LogP contribution is -2.57. The third kappa shape index (κ3) is 4.05. The molecule has 0 saturated carbocycles. The Balaban J connectivity index is 1.66. The number of methoxy groups -OCH3 is 1. The van der Waals surface area contributed by atoms with Gasteiger partial charge in [0.15, 0.2) is 12.0 Å². The summed E-state index contributed by atoms with van der Waals surface area (Å²) in [5, 5.41) is 11.8. The van der Waals surface area contributed by atoms with E-state index in [-0.39, 0.29) is 23.8 Å². The monoisotopic (exact) mass is 500 g/mol. The van der Waals surface area contributed by atoms with Crippen LogP contribution in [0.4, 0.5) is 0 Å². The van der Waals surface area contributed by atoms with E-state index in [0.717, 1.165) is 5.56 Å². The average molecular weight is 501 g/mol. The van der Waals surface area contributed by atoms with Crippen LogP contribution in [0.3, 0.4) is 0 Å². The number of hydrogen-bond acceptors (Lipinski definition) is 6. The highest BCUT2D eigenvalue weighted by Crippen LogP contribution is 2.51. The van der Waals surface area contributed by atoms with E-state index < -0.39 is 26.3 Å². The topological polar surface area (TPSA) is 74.2 Å². The Labute approximate surface area is 210 Å². The molecule has 0 aromatic heterocycles. The van der Waals surface area contributed by atoms with E-state index >= 15 is 0 Å². The Morgan fingerprint density at radius 1 is 1.03 bits per heavy atom. The van der Waals surface area contributed by atoms with Crippen molar-refractivity contribution in [2.45, 2.75) is 102 Å². The fraction of sp³-hybridized carbons (Fsp3) is 0.607. The first-order chi connectivity index (χ1) is 16.5. The van der Waals surface area contributed by atoms with Crippen LogP contribution in [0.15, 0.2) is 47.7 Å². The van der Waals surface area contributed by atoms with E-state index in [9.17, 15) is 9.90 Å². The highest BCUT2D eigenvalue weighted by molar-refractivity contribution is 6.77. The van der Waals surface area contributed by atoms with Crippen LogP contribution < -0.4 is 0 Å². The second kappa shape index (κ2) is 9.60. The van der Waals surface area contributed by atoms with Gasteiger partial charge in [-0.3, -0.25) is 4.79 Å². The van der Waals surface area contributed by atoms with Crippen LogP contribution in [0, 0.1) is 0 Å². The van der Waals surface area contributed by atoms with Gasteiger partial charge in [-0.25, -0.2) is 0 Å². The summed E-state index contributed by atoms with van der Waals surface area (Å²) in [5.41, 5.74) is 1.01. The standard InChI is InChI=1S/C28H40O6Si/c1-16(2)35(17(3)4,18(5)6)34-23-15-22-25(33-23)21(14-19(7)32-22)28(30)26(29)24(27(28)31-8)20-12-10-9-11-13-20/h9-14,16-19,22-23,25,30H,15H2,1-8H3/t19-,22-,23?,25-,28?/m0/s1. The first kappa shape index (κ1) is 26.3. The SMILES string of the molecule is COC1=C(c2ccccc2)C(=O)C1(O)C1=C[C@H](C)O[C@H]2CC(O[Si](C(C)C)(C(C)C)C(C)C)O[C@@H]12. The molecular formula is C28H40O6Si. The summed E-state index contributed by atoms with van der Waals surface area (Å²) < 4.78 is 25.2. The van der Waals surface area contributed by atoms with Crippen molar-refractivity contribution >= 4 is 19.7 Å². The highest BCUT2D eigenvalue weighted by Gasteiger charge is 2.62. The predicted molar refractivity (Wildman–Crippen MR) is 138 cm³/mol. The maximum atomic E-state index is 13.5. The van der Waals surface area contributed by atoms with Gasteiger partial charge in [-0.05, 0) is 29.1 Å². The fourth-order valence-electron chi connectivity index (χ4n) is 6.61. The van der Waals surface area contributed by atoms with E-state index in [2.05, 4.69) is 41.5 Å². The molecule has 192 valence electrons. The van der Waals surface area contributed by atoms with E-state index in [1.54, 1.807) is 6.08 Å². The Morgan fingerprint density at radius 2 is 1.63 bits per heavy atom. The van der Waals surface area contributed by atoms with Gasteiger partial charge < -0.3 is 23.7 Å². The summed E-state index contributed by atoms with van der Waals surface area (Å²) in [6.45, 7) is 15.4. The van der Waals surface area contributed by atoms with Crippen LogP contribution >= 0.6 is 0 Å². The van der Waals surface area contributed by atoms with Gasteiger partial charge in [0.1, 0.15) is 6.10 Å². The normalized spacial score (nSPS) is 31.2. The number of ketones is 1. The minimum Gasteiger partial charge on any atom is -0.496 e. The van der Waals surface area contributed by atoms with Crippen LogP contribution in [-0.2, 0) is 23.4 Å². The highest BCUT2D eigenvalue weighted by atomic mass is 28.4. The van der Waals surface area contributed by atoms with Crippen molar-refractivity contribution in [3.8, 4) is 0 Å². The molecule has 0 amide bonds. The first-order valence-corrected chi connectivity index (χ1v) is 14.9. The van der Waals surface area contributed by atoms with E-state index in [4.69, 9.17) is 18.6 Å². The number of aliphatic hydroxyl groups is 1. The third-order valence-corrected chi connectivity index (χ3v) is 14.1. The summed E-state index contributed by atoms with van der Waals surface area (Å²) in [6, 6.07) is 9.31. The number of carbonyl (C=O) groups excluding carboxylic acids is 1. The smallest absolute Gasteiger partial charge is 0.210 e. The van der Waals surface area contributed by atoms with Crippen LogP contribution in [0.1, 0.15) is 60.5 Å². The van der Waals surface area contributed by atoms with Gasteiger partial charge in [0.25, 0.3) is 0 Å². The fourth-order valence-corrected chi connectivity index (χ4v) is 12.0. The van der Waals surface area contributed by atoms with E-state index in [1.807, 2.05) is 37.3 Å². The molecular weight excluding hydrogens is 460 g/mol. The molecule has 1 fully saturated rings. The Morgan fingerprint density at radius 3 is 2.17 bits per heavy atom. The predicted octanol–water partition coefficient (Wildman–Crippen LogP) is 5.38. The number of benzene rings is 1. The molecule has 3 aliphatic rings. The number of rotatable bonds is 8. The summed E-state index contributed by atoms with van der Waals surface area (Å²) >= 11 is 0. The third-order valence-electron chi connectivity index (χ3n) is 8.01. The van der Waals surface area contributed by atoms with Gasteiger partial charge >= 0.3 is 0 Å². The quantitative estimate of drug-likeness (QED) is 0.382. The second-order valence-corrected chi connectivity index (χ2v) is 16.4. The van der Waals surface area contributed by atoms with Crippen LogP contribution in [0.25, 0.3) is 5.57 Å². The number of hydrogen-bond donors (Lipinski definition) is 1. The molecule has 1 N–H and O–H groups in total. The molecule has 0 bridgehead atoms. The Hall–Kier alpha value is -1.77. The van der Waals surface area contributed by atoms with Gasteiger partial charge in [-0.1, -0.05) is 78.0 Å². The van der Waals surface area contributed by atoms with Crippen molar-refractivity contribution < 1.29 is 28.5 Å². The average Bonchev–Trinajstić information content (AvgIpc) is 3.21. The van der Waals surface area contributed by atoms with Gasteiger partial charge in [0, 0.05) is 12.0 Å². The van der Waals surface area contributed by atoms with Crippen molar-refractivity contribution in [2.24, 2.45) is 0 Å². The molecule has 0 spiro atoms. The van der Waals surface area contributed by atoms with E-state index in [1.165, 1.54) is 7.11 Å². The first-order valence-electron chi connectivity index (χ1n) is 12.8. The van der Waals surface area contributed by atoms with Crippen molar-refractivity contribution in [3.05, 3.63) is 53.3 Å². The molecule has 5 atom stereocenters. The molecule has 1 aliphatic carbocycles.